The first-order chi connectivity index (χ1) is 9.79. The number of amides is 1. The molecule has 1 amide bonds. The van der Waals surface area contributed by atoms with Crippen LogP contribution in [-0.4, -0.2) is 38.4 Å². The average molecular weight is 279 g/mol. The molecule has 1 aliphatic rings. The first-order valence-corrected chi connectivity index (χ1v) is 7.02. The molecule has 0 radical (unpaired) electrons. The van der Waals surface area contributed by atoms with Crippen molar-refractivity contribution < 1.29 is 19.0 Å². The summed E-state index contributed by atoms with van der Waals surface area (Å²) in [4.78, 5) is 11.7. The lowest BCUT2D eigenvalue weighted by molar-refractivity contribution is -0.123. The monoisotopic (exact) mass is 279 g/mol. The number of benzene rings is 1. The molecule has 0 saturated carbocycles. The van der Waals surface area contributed by atoms with Crippen molar-refractivity contribution in [3.05, 3.63) is 24.3 Å². The molecular formula is C15H21NO4. The smallest absolute Gasteiger partial charge is 0.258 e. The maximum atomic E-state index is 11.7. The maximum Gasteiger partial charge on any atom is 0.258 e. The van der Waals surface area contributed by atoms with Crippen LogP contribution in [0, 0.1) is 0 Å². The van der Waals surface area contributed by atoms with Crippen molar-refractivity contribution in [1.29, 1.82) is 0 Å². The number of hydrogen-bond acceptors (Lipinski definition) is 4. The van der Waals surface area contributed by atoms with Crippen LogP contribution in [0.4, 0.5) is 0 Å². The Balaban J connectivity index is 1.74. The van der Waals surface area contributed by atoms with Gasteiger partial charge in [0.15, 0.2) is 18.1 Å². The zero-order chi connectivity index (χ0) is 14.2. The van der Waals surface area contributed by atoms with Gasteiger partial charge in [-0.05, 0) is 31.9 Å². The quantitative estimate of drug-likeness (QED) is 0.826. The van der Waals surface area contributed by atoms with E-state index in [-0.39, 0.29) is 18.6 Å². The number of hydrogen-bond donors (Lipinski definition) is 1. The van der Waals surface area contributed by atoms with Gasteiger partial charge in [-0.15, -0.1) is 0 Å². The summed E-state index contributed by atoms with van der Waals surface area (Å²) in [5, 5.41) is 2.82. The van der Waals surface area contributed by atoms with Crippen molar-refractivity contribution in [3.8, 4) is 11.5 Å². The molecule has 0 aromatic heterocycles. The summed E-state index contributed by atoms with van der Waals surface area (Å²) < 4.78 is 16.4. The summed E-state index contributed by atoms with van der Waals surface area (Å²) in [5.41, 5.74) is 0. The third kappa shape index (κ3) is 4.42. The Kier molecular flexibility index (Phi) is 5.68. The topological polar surface area (TPSA) is 56.8 Å². The van der Waals surface area contributed by atoms with E-state index in [1.54, 1.807) is 6.07 Å². The second-order valence-electron chi connectivity index (χ2n) is 4.61. The molecule has 0 bridgehead atoms. The van der Waals surface area contributed by atoms with Crippen LogP contribution in [0.3, 0.4) is 0 Å². The Morgan fingerprint density at radius 2 is 2.10 bits per heavy atom. The first-order valence-electron chi connectivity index (χ1n) is 7.02. The Morgan fingerprint density at radius 1 is 1.35 bits per heavy atom. The molecule has 1 fully saturated rings. The molecule has 1 aromatic rings. The van der Waals surface area contributed by atoms with E-state index in [9.17, 15) is 4.79 Å². The van der Waals surface area contributed by atoms with E-state index < -0.39 is 0 Å². The highest BCUT2D eigenvalue weighted by atomic mass is 16.5. The molecular weight excluding hydrogens is 258 g/mol. The van der Waals surface area contributed by atoms with Gasteiger partial charge in [-0.1, -0.05) is 12.1 Å². The van der Waals surface area contributed by atoms with Gasteiger partial charge in [0.25, 0.3) is 5.91 Å². The summed E-state index contributed by atoms with van der Waals surface area (Å²) >= 11 is 0. The minimum absolute atomic E-state index is 0.0171. The van der Waals surface area contributed by atoms with E-state index in [1.165, 1.54) is 0 Å². The fraction of sp³-hybridized carbons (Fsp3) is 0.533. The molecule has 0 spiro atoms. The van der Waals surface area contributed by atoms with Crippen molar-refractivity contribution in [2.75, 3.05) is 26.4 Å². The van der Waals surface area contributed by atoms with Crippen molar-refractivity contribution >= 4 is 5.91 Å². The average Bonchev–Trinajstić information content (AvgIpc) is 2.98. The summed E-state index contributed by atoms with van der Waals surface area (Å²) in [6.07, 6.45) is 2.22. The van der Waals surface area contributed by atoms with Crippen LogP contribution in [0.15, 0.2) is 24.3 Å². The van der Waals surface area contributed by atoms with Crippen molar-refractivity contribution in [1.82, 2.24) is 5.32 Å². The molecule has 5 nitrogen and oxygen atoms in total. The zero-order valence-electron chi connectivity index (χ0n) is 11.8. The molecule has 5 heteroatoms. The number of para-hydroxylation sites is 2. The van der Waals surface area contributed by atoms with Crippen LogP contribution in [0.5, 0.6) is 11.5 Å². The van der Waals surface area contributed by atoms with Gasteiger partial charge in [-0.2, -0.15) is 0 Å². The lowest BCUT2D eigenvalue weighted by Crippen LogP contribution is -2.35. The summed E-state index contributed by atoms with van der Waals surface area (Å²) in [5.74, 6) is 1.09. The highest BCUT2D eigenvalue weighted by molar-refractivity contribution is 5.77. The normalized spacial score (nSPS) is 17.8. The minimum atomic E-state index is -0.146. The third-order valence-electron chi connectivity index (χ3n) is 3.06. The Bertz CT molecular complexity index is 430. The maximum absolute atomic E-state index is 11.7. The Labute approximate surface area is 119 Å². The largest absolute Gasteiger partial charge is 0.490 e. The van der Waals surface area contributed by atoms with Gasteiger partial charge in [-0.3, -0.25) is 4.79 Å². The number of nitrogens with one attached hydrogen (secondary N) is 1. The van der Waals surface area contributed by atoms with E-state index in [0.717, 1.165) is 19.4 Å². The molecule has 1 aliphatic heterocycles. The van der Waals surface area contributed by atoms with Crippen LogP contribution in [0.2, 0.25) is 0 Å². The first kappa shape index (κ1) is 14.7. The van der Waals surface area contributed by atoms with Crippen LogP contribution >= 0.6 is 0 Å². The van der Waals surface area contributed by atoms with Gasteiger partial charge < -0.3 is 19.5 Å². The van der Waals surface area contributed by atoms with Gasteiger partial charge in [0.1, 0.15) is 0 Å². The molecule has 2 rings (SSSR count). The second-order valence-corrected chi connectivity index (χ2v) is 4.61. The summed E-state index contributed by atoms with van der Waals surface area (Å²) in [6.45, 7) is 3.79. The van der Waals surface area contributed by atoms with Crippen molar-refractivity contribution in [2.45, 2.75) is 25.9 Å². The van der Waals surface area contributed by atoms with Crippen molar-refractivity contribution in [2.24, 2.45) is 0 Å². The van der Waals surface area contributed by atoms with Crippen LogP contribution in [-0.2, 0) is 9.53 Å². The molecule has 1 saturated heterocycles. The van der Waals surface area contributed by atoms with Gasteiger partial charge >= 0.3 is 0 Å². The summed E-state index contributed by atoms with van der Waals surface area (Å²) in [7, 11) is 0. The van der Waals surface area contributed by atoms with Gasteiger partial charge in [0.2, 0.25) is 0 Å². The number of rotatable bonds is 7. The van der Waals surface area contributed by atoms with Gasteiger partial charge in [0, 0.05) is 13.2 Å². The highest BCUT2D eigenvalue weighted by Gasteiger charge is 2.16. The van der Waals surface area contributed by atoms with Crippen LogP contribution in [0.25, 0.3) is 0 Å². The predicted octanol–water partition coefficient (Wildman–Crippen LogP) is 1.76. The van der Waals surface area contributed by atoms with E-state index in [4.69, 9.17) is 14.2 Å². The molecule has 20 heavy (non-hydrogen) atoms. The number of carbonyl (C=O) groups is 1. The zero-order valence-corrected chi connectivity index (χ0v) is 11.8. The molecule has 1 unspecified atom stereocenters. The number of carbonyl (C=O) groups excluding carboxylic acids is 1. The van der Waals surface area contributed by atoms with Crippen molar-refractivity contribution in [3.63, 3.8) is 0 Å². The molecule has 1 atom stereocenters. The minimum Gasteiger partial charge on any atom is -0.490 e. The molecule has 1 aromatic carbocycles. The third-order valence-corrected chi connectivity index (χ3v) is 3.06. The molecule has 1 heterocycles. The standard InChI is InChI=1S/C15H21NO4/c1-2-18-13-7-3-4-8-14(13)20-11-15(17)16-10-12-6-5-9-19-12/h3-4,7-8,12H,2,5-6,9-11H2,1H3,(H,16,17). The fourth-order valence-corrected chi connectivity index (χ4v) is 2.07. The Morgan fingerprint density at radius 3 is 2.75 bits per heavy atom. The van der Waals surface area contributed by atoms with Gasteiger partial charge in [-0.25, -0.2) is 0 Å². The van der Waals surface area contributed by atoms with E-state index in [2.05, 4.69) is 5.32 Å². The van der Waals surface area contributed by atoms with E-state index >= 15 is 0 Å². The van der Waals surface area contributed by atoms with Crippen LogP contribution in [0.1, 0.15) is 19.8 Å². The van der Waals surface area contributed by atoms with E-state index in [0.29, 0.717) is 24.7 Å². The molecule has 1 N–H and O–H groups in total. The number of ether oxygens (including phenoxy) is 3. The molecule has 0 aliphatic carbocycles. The fourth-order valence-electron chi connectivity index (χ4n) is 2.07. The predicted molar refractivity (Wildman–Crippen MR) is 75.1 cm³/mol. The van der Waals surface area contributed by atoms with Gasteiger partial charge in [0.05, 0.1) is 12.7 Å². The highest BCUT2D eigenvalue weighted by Crippen LogP contribution is 2.26. The van der Waals surface area contributed by atoms with E-state index in [1.807, 2.05) is 25.1 Å². The lowest BCUT2D eigenvalue weighted by Gasteiger charge is -2.13. The second kappa shape index (κ2) is 7.75. The Hall–Kier alpha value is -1.75. The SMILES string of the molecule is CCOc1ccccc1OCC(=O)NCC1CCCO1. The summed E-state index contributed by atoms with van der Waals surface area (Å²) in [6, 6.07) is 7.33. The van der Waals surface area contributed by atoms with Crippen LogP contribution < -0.4 is 14.8 Å². The molecule has 110 valence electrons. The lowest BCUT2D eigenvalue weighted by atomic mass is 10.2.